The van der Waals surface area contributed by atoms with E-state index in [1.165, 1.54) is 0 Å². The number of hydrogen-bond acceptors (Lipinski definition) is 4. The molecule has 1 aliphatic heterocycles. The number of aromatic nitrogens is 2. The molecule has 0 saturated heterocycles. The lowest BCUT2D eigenvalue weighted by Crippen LogP contribution is -2.21. The number of carbonyl (C=O) groups is 1. The van der Waals surface area contributed by atoms with Gasteiger partial charge in [-0.05, 0) is 29.9 Å². The molecule has 2 heterocycles. The van der Waals surface area contributed by atoms with Gasteiger partial charge in [-0.1, -0.05) is 6.07 Å². The molecule has 0 spiro atoms. The molecule has 0 saturated carbocycles. The first-order valence-electron chi connectivity index (χ1n) is 5.97. The summed E-state index contributed by atoms with van der Waals surface area (Å²) in [6, 6.07) is 5.13. The van der Waals surface area contributed by atoms with Crippen molar-refractivity contribution in [1.82, 2.24) is 15.3 Å². The summed E-state index contributed by atoms with van der Waals surface area (Å²) in [5, 5.41) is 2.55. The molecule has 0 bridgehead atoms. The molecule has 1 amide bonds. The molecule has 0 radical (unpaired) electrons. The van der Waals surface area contributed by atoms with Crippen molar-refractivity contribution in [1.29, 1.82) is 0 Å². The first-order chi connectivity index (χ1) is 9.58. The third-order valence-corrected chi connectivity index (χ3v) is 3.34. The van der Waals surface area contributed by atoms with Crippen LogP contribution in [0.1, 0.15) is 21.5 Å². The summed E-state index contributed by atoms with van der Waals surface area (Å²) in [6.45, 7) is 0. The number of aromatic amines is 2. The number of amides is 1. The van der Waals surface area contributed by atoms with Crippen molar-refractivity contribution in [3.63, 3.8) is 0 Å². The molecule has 0 fully saturated rings. The molecule has 1 aromatic carbocycles. The van der Waals surface area contributed by atoms with Gasteiger partial charge in [0, 0.05) is 19.0 Å². The number of benzene rings is 1. The maximum absolute atomic E-state index is 11.8. The molecular weight excluding hydrogens is 278 g/mol. The quantitative estimate of drug-likeness (QED) is 0.592. The van der Waals surface area contributed by atoms with E-state index in [2.05, 4.69) is 15.3 Å². The van der Waals surface area contributed by atoms with E-state index in [1.54, 1.807) is 25.2 Å². The lowest BCUT2D eigenvalue weighted by atomic mass is 10.0. The van der Waals surface area contributed by atoms with E-state index in [0.717, 1.165) is 5.56 Å². The van der Waals surface area contributed by atoms with Gasteiger partial charge in [-0.2, -0.15) is 0 Å². The zero-order valence-corrected chi connectivity index (χ0v) is 11.4. The maximum Gasteiger partial charge on any atom is 0.259 e. The minimum absolute atomic E-state index is 0.193. The van der Waals surface area contributed by atoms with Gasteiger partial charge in [0.1, 0.15) is 5.75 Å². The molecular formula is C13H11N3O3S. The first kappa shape index (κ1) is 12.6. The van der Waals surface area contributed by atoms with Gasteiger partial charge in [-0.25, -0.2) is 0 Å². The van der Waals surface area contributed by atoms with Crippen LogP contribution in [0.3, 0.4) is 0 Å². The number of fused-ring (bicyclic) bond motifs is 2. The van der Waals surface area contributed by atoms with E-state index < -0.39 is 0 Å². The van der Waals surface area contributed by atoms with Gasteiger partial charge in [0.15, 0.2) is 4.77 Å². The summed E-state index contributed by atoms with van der Waals surface area (Å²) in [5.41, 5.74) is 1.59. The molecule has 0 atom stereocenters. The molecule has 3 rings (SSSR count). The van der Waals surface area contributed by atoms with Crippen molar-refractivity contribution in [3.05, 3.63) is 50.0 Å². The fourth-order valence-corrected chi connectivity index (χ4v) is 2.31. The Morgan fingerprint density at radius 1 is 1.40 bits per heavy atom. The average Bonchev–Trinajstić information content (AvgIpc) is 2.44. The minimum Gasteiger partial charge on any atom is -0.440 e. The minimum atomic E-state index is -0.259. The van der Waals surface area contributed by atoms with Crippen molar-refractivity contribution in [2.24, 2.45) is 0 Å². The van der Waals surface area contributed by atoms with Crippen LogP contribution in [0.5, 0.6) is 11.6 Å². The molecule has 2 aromatic rings. The monoisotopic (exact) mass is 289 g/mol. The number of H-pyrrole nitrogens is 2. The molecule has 3 N–H and O–H groups in total. The lowest BCUT2D eigenvalue weighted by Gasteiger charge is -2.19. The summed E-state index contributed by atoms with van der Waals surface area (Å²) in [7, 11) is 1.56. The Morgan fingerprint density at radius 3 is 2.95 bits per heavy atom. The summed E-state index contributed by atoms with van der Waals surface area (Å²) < 4.78 is 5.86. The number of nitrogens with one attached hydrogen (secondary N) is 3. The van der Waals surface area contributed by atoms with Gasteiger partial charge in [-0.3, -0.25) is 14.6 Å². The molecule has 0 aliphatic carbocycles. The van der Waals surface area contributed by atoms with Crippen LogP contribution in [0.25, 0.3) is 0 Å². The Morgan fingerprint density at radius 2 is 2.20 bits per heavy atom. The van der Waals surface area contributed by atoms with Crippen LogP contribution in [-0.4, -0.2) is 22.9 Å². The Bertz CT molecular complexity index is 822. The highest BCUT2D eigenvalue weighted by Gasteiger charge is 2.21. The van der Waals surface area contributed by atoms with Crippen LogP contribution in [0.4, 0.5) is 0 Å². The topological polar surface area (TPSA) is 87.0 Å². The lowest BCUT2D eigenvalue weighted by molar-refractivity contribution is 0.0962. The van der Waals surface area contributed by atoms with Gasteiger partial charge >= 0.3 is 0 Å². The van der Waals surface area contributed by atoms with E-state index in [1.807, 2.05) is 0 Å². The van der Waals surface area contributed by atoms with E-state index in [0.29, 0.717) is 29.2 Å². The van der Waals surface area contributed by atoms with Crippen molar-refractivity contribution in [2.45, 2.75) is 6.42 Å². The van der Waals surface area contributed by atoms with Gasteiger partial charge < -0.3 is 15.0 Å². The fourth-order valence-electron chi connectivity index (χ4n) is 2.12. The summed E-state index contributed by atoms with van der Waals surface area (Å²) in [4.78, 5) is 28.8. The predicted molar refractivity (Wildman–Crippen MR) is 75.0 cm³/mol. The highest BCUT2D eigenvalue weighted by Crippen LogP contribution is 2.33. The molecule has 1 aliphatic rings. The smallest absolute Gasteiger partial charge is 0.259 e. The summed E-state index contributed by atoms with van der Waals surface area (Å²) in [5.74, 6) is 0.691. The zero-order chi connectivity index (χ0) is 14.3. The summed E-state index contributed by atoms with van der Waals surface area (Å²) >= 11 is 4.91. The Kier molecular flexibility index (Phi) is 2.90. The SMILES string of the molecule is CNC(=O)c1ccc2c(c1)Oc1[nH]c(=S)[nH]c(=O)c1C2. The molecule has 102 valence electrons. The van der Waals surface area contributed by atoms with Crippen molar-refractivity contribution >= 4 is 18.1 Å². The fraction of sp³-hybridized carbons (Fsp3) is 0.154. The van der Waals surface area contributed by atoms with Gasteiger partial charge in [0.05, 0.1) is 5.56 Å². The van der Waals surface area contributed by atoms with Gasteiger partial charge in [-0.15, -0.1) is 0 Å². The largest absolute Gasteiger partial charge is 0.440 e. The van der Waals surface area contributed by atoms with E-state index in [4.69, 9.17) is 17.0 Å². The Labute approximate surface area is 118 Å². The Balaban J connectivity index is 2.09. The third-order valence-electron chi connectivity index (χ3n) is 3.14. The zero-order valence-electron chi connectivity index (χ0n) is 10.6. The molecule has 20 heavy (non-hydrogen) atoms. The predicted octanol–water partition coefficient (Wildman–Crippen LogP) is 1.49. The third kappa shape index (κ3) is 2.01. The van der Waals surface area contributed by atoms with Crippen LogP contribution >= 0.6 is 12.2 Å². The maximum atomic E-state index is 11.8. The summed E-state index contributed by atoms with van der Waals surface area (Å²) in [6.07, 6.45) is 0.431. The van der Waals surface area contributed by atoms with E-state index in [9.17, 15) is 9.59 Å². The number of hydrogen-bond donors (Lipinski definition) is 3. The average molecular weight is 289 g/mol. The van der Waals surface area contributed by atoms with Crippen LogP contribution in [0, 0.1) is 4.77 Å². The normalized spacial score (nSPS) is 12.1. The molecule has 0 unspecified atom stereocenters. The second-order valence-corrected chi connectivity index (χ2v) is 4.80. The Hall–Kier alpha value is -2.41. The van der Waals surface area contributed by atoms with E-state index in [-0.39, 0.29) is 16.2 Å². The molecule has 1 aromatic heterocycles. The highest BCUT2D eigenvalue weighted by atomic mass is 32.1. The second kappa shape index (κ2) is 4.61. The first-order valence-corrected chi connectivity index (χ1v) is 6.37. The van der Waals surface area contributed by atoms with E-state index >= 15 is 0 Å². The van der Waals surface area contributed by atoms with Gasteiger partial charge in [0.2, 0.25) is 5.88 Å². The van der Waals surface area contributed by atoms with Gasteiger partial charge in [0.25, 0.3) is 11.5 Å². The molecule has 7 heteroatoms. The highest BCUT2D eigenvalue weighted by molar-refractivity contribution is 7.71. The second-order valence-electron chi connectivity index (χ2n) is 4.40. The number of carbonyl (C=O) groups excluding carboxylic acids is 1. The molecule has 6 nitrogen and oxygen atoms in total. The van der Waals surface area contributed by atoms with Crippen LogP contribution in [0.15, 0.2) is 23.0 Å². The van der Waals surface area contributed by atoms with Crippen molar-refractivity contribution in [2.75, 3.05) is 7.05 Å². The van der Waals surface area contributed by atoms with Crippen LogP contribution in [0.2, 0.25) is 0 Å². The standard InChI is InChI=1S/C13H11N3O3S/c1-14-10(17)7-3-2-6-4-8-11(18)15-13(20)16-12(8)19-9(6)5-7/h2-3,5H,4H2,1H3,(H,14,17)(H2,15,16,18,20). The number of ether oxygens (including phenoxy) is 1. The van der Waals surface area contributed by atoms with Crippen molar-refractivity contribution < 1.29 is 9.53 Å². The van der Waals surface area contributed by atoms with Crippen molar-refractivity contribution in [3.8, 4) is 11.6 Å². The number of rotatable bonds is 1. The van der Waals surface area contributed by atoms with Crippen LogP contribution in [-0.2, 0) is 6.42 Å². The van der Waals surface area contributed by atoms with Crippen LogP contribution < -0.4 is 15.6 Å².